The topological polar surface area (TPSA) is 66.5 Å². The molecule has 1 amide bonds. The highest BCUT2D eigenvalue weighted by atomic mass is 32.2. The van der Waals surface area contributed by atoms with E-state index in [0.717, 1.165) is 16.7 Å². The van der Waals surface area contributed by atoms with E-state index in [1.54, 1.807) is 19.2 Å². The third kappa shape index (κ3) is 3.76. The summed E-state index contributed by atoms with van der Waals surface area (Å²) in [7, 11) is -2.05. The van der Waals surface area contributed by atoms with Gasteiger partial charge in [-0.25, -0.2) is 8.42 Å². The largest absolute Gasteiger partial charge is 0.316 e. The minimum atomic E-state index is -3.69. The molecule has 0 unspecified atom stereocenters. The van der Waals surface area contributed by atoms with Crippen LogP contribution in [0.4, 0.5) is 11.4 Å². The highest BCUT2D eigenvalue weighted by molar-refractivity contribution is 7.92. The minimum absolute atomic E-state index is 0.116. The van der Waals surface area contributed by atoms with Crippen molar-refractivity contribution in [3.05, 3.63) is 53.1 Å². The average Bonchev–Trinajstić information content (AvgIpc) is 2.50. The third-order valence-corrected chi connectivity index (χ3v) is 5.29. The molecule has 0 saturated carbocycles. The van der Waals surface area contributed by atoms with Crippen molar-refractivity contribution in [2.24, 2.45) is 0 Å². The van der Waals surface area contributed by atoms with Crippen LogP contribution < -0.4 is 9.62 Å². The number of rotatable bonds is 4. The first-order chi connectivity index (χ1) is 11.1. The van der Waals surface area contributed by atoms with Gasteiger partial charge in [-0.15, -0.1) is 0 Å². The molecule has 5 nitrogen and oxygen atoms in total. The van der Waals surface area contributed by atoms with Crippen molar-refractivity contribution in [3.63, 3.8) is 0 Å². The Morgan fingerprint density at radius 1 is 1.00 bits per heavy atom. The highest BCUT2D eigenvalue weighted by Crippen LogP contribution is 2.26. The van der Waals surface area contributed by atoms with E-state index in [4.69, 9.17) is 0 Å². The molecular formula is C18H22N2O3S. The summed E-state index contributed by atoms with van der Waals surface area (Å²) < 4.78 is 27.9. The molecule has 0 saturated heterocycles. The van der Waals surface area contributed by atoms with Crippen molar-refractivity contribution in [2.75, 3.05) is 16.7 Å². The van der Waals surface area contributed by atoms with Crippen LogP contribution in [-0.2, 0) is 14.8 Å². The summed E-state index contributed by atoms with van der Waals surface area (Å²) in [5, 5.41) is 0. The van der Waals surface area contributed by atoms with Gasteiger partial charge in [-0.05, 0) is 56.2 Å². The van der Waals surface area contributed by atoms with Gasteiger partial charge in [0, 0.05) is 19.7 Å². The maximum absolute atomic E-state index is 12.6. The van der Waals surface area contributed by atoms with Gasteiger partial charge in [0.25, 0.3) is 10.0 Å². The van der Waals surface area contributed by atoms with Crippen LogP contribution in [-0.4, -0.2) is 21.4 Å². The van der Waals surface area contributed by atoms with Gasteiger partial charge in [-0.2, -0.15) is 0 Å². The number of aryl methyl sites for hydroxylation is 3. The summed E-state index contributed by atoms with van der Waals surface area (Å²) in [6, 6.07) is 10.1. The second-order valence-electron chi connectivity index (χ2n) is 5.95. The van der Waals surface area contributed by atoms with Gasteiger partial charge in [-0.1, -0.05) is 17.7 Å². The Morgan fingerprint density at radius 2 is 1.50 bits per heavy atom. The van der Waals surface area contributed by atoms with Crippen molar-refractivity contribution in [1.29, 1.82) is 0 Å². The van der Waals surface area contributed by atoms with Crippen molar-refractivity contribution in [1.82, 2.24) is 0 Å². The van der Waals surface area contributed by atoms with Crippen LogP contribution >= 0.6 is 0 Å². The summed E-state index contributed by atoms with van der Waals surface area (Å²) in [5.41, 5.74) is 4.09. The monoisotopic (exact) mass is 346 g/mol. The number of benzene rings is 2. The van der Waals surface area contributed by atoms with Crippen molar-refractivity contribution in [3.8, 4) is 0 Å². The molecule has 0 radical (unpaired) electrons. The predicted octanol–water partition coefficient (Wildman–Crippen LogP) is 3.40. The summed E-state index contributed by atoms with van der Waals surface area (Å²) in [5.74, 6) is -0.116. The zero-order valence-corrected chi connectivity index (χ0v) is 15.4. The lowest BCUT2D eigenvalue weighted by molar-refractivity contribution is -0.116. The van der Waals surface area contributed by atoms with E-state index in [2.05, 4.69) is 4.72 Å². The molecule has 0 atom stereocenters. The first-order valence-corrected chi connectivity index (χ1v) is 9.05. The standard InChI is InChI=1S/C18H22N2O3S/c1-12-10-13(2)18(14(3)11-12)19-24(22,23)17-8-6-16(7-9-17)20(5)15(4)21/h6-11,19H,1-5H3. The number of nitrogens with one attached hydrogen (secondary N) is 1. The Balaban J connectivity index is 2.33. The third-order valence-electron chi connectivity index (χ3n) is 3.92. The normalized spacial score (nSPS) is 11.2. The fraction of sp³-hybridized carbons (Fsp3) is 0.278. The molecule has 2 rings (SSSR count). The first-order valence-electron chi connectivity index (χ1n) is 7.57. The molecule has 0 heterocycles. The summed E-state index contributed by atoms with van der Waals surface area (Å²) >= 11 is 0. The molecule has 6 heteroatoms. The number of anilines is 2. The van der Waals surface area contributed by atoms with Gasteiger partial charge in [0.15, 0.2) is 0 Å². The van der Waals surface area contributed by atoms with E-state index in [1.165, 1.54) is 24.0 Å². The molecule has 0 aliphatic carbocycles. The van der Waals surface area contributed by atoms with Crippen LogP contribution in [0.1, 0.15) is 23.6 Å². The van der Waals surface area contributed by atoms with E-state index in [-0.39, 0.29) is 10.8 Å². The second kappa shape index (κ2) is 6.65. The second-order valence-corrected chi connectivity index (χ2v) is 7.63. The lowest BCUT2D eigenvalue weighted by Gasteiger charge is -2.17. The molecule has 24 heavy (non-hydrogen) atoms. The maximum Gasteiger partial charge on any atom is 0.261 e. The first kappa shape index (κ1) is 18.0. The molecule has 2 aromatic rings. The molecule has 2 aromatic carbocycles. The lowest BCUT2D eigenvalue weighted by Crippen LogP contribution is -2.22. The van der Waals surface area contributed by atoms with Gasteiger partial charge < -0.3 is 4.90 Å². The zero-order valence-electron chi connectivity index (χ0n) is 14.5. The number of hydrogen-bond donors (Lipinski definition) is 1. The Hall–Kier alpha value is -2.34. The van der Waals surface area contributed by atoms with Crippen LogP contribution in [0.3, 0.4) is 0 Å². The van der Waals surface area contributed by atoms with Crippen molar-refractivity contribution in [2.45, 2.75) is 32.6 Å². The zero-order chi connectivity index (χ0) is 18.1. The van der Waals surface area contributed by atoms with E-state index in [0.29, 0.717) is 11.4 Å². The van der Waals surface area contributed by atoms with Crippen molar-refractivity contribution < 1.29 is 13.2 Å². The number of carbonyl (C=O) groups excluding carboxylic acids is 1. The molecule has 0 fully saturated rings. The number of hydrogen-bond acceptors (Lipinski definition) is 3. The van der Waals surface area contributed by atoms with Gasteiger partial charge in [0.2, 0.25) is 5.91 Å². The number of sulfonamides is 1. The SMILES string of the molecule is CC(=O)N(C)c1ccc(S(=O)(=O)Nc2c(C)cc(C)cc2C)cc1. The Kier molecular flexibility index (Phi) is 4.99. The average molecular weight is 346 g/mol. The molecule has 0 aliphatic rings. The molecule has 0 spiro atoms. The molecule has 1 N–H and O–H groups in total. The smallest absolute Gasteiger partial charge is 0.261 e. The van der Waals surface area contributed by atoms with Crippen molar-refractivity contribution >= 4 is 27.3 Å². The molecule has 0 bridgehead atoms. The minimum Gasteiger partial charge on any atom is -0.316 e. The quantitative estimate of drug-likeness (QED) is 0.923. The molecule has 0 aromatic heterocycles. The van der Waals surface area contributed by atoms with E-state index < -0.39 is 10.0 Å². The Bertz CT molecular complexity index is 849. The Morgan fingerprint density at radius 3 is 1.96 bits per heavy atom. The van der Waals surface area contributed by atoms with Gasteiger partial charge >= 0.3 is 0 Å². The highest BCUT2D eigenvalue weighted by Gasteiger charge is 2.17. The summed E-state index contributed by atoms with van der Waals surface area (Å²) in [6.07, 6.45) is 0. The summed E-state index contributed by atoms with van der Waals surface area (Å²) in [4.78, 5) is 13.0. The van der Waals surface area contributed by atoms with E-state index in [1.807, 2.05) is 32.9 Å². The molecular weight excluding hydrogens is 324 g/mol. The number of amides is 1. The van der Waals surface area contributed by atoms with E-state index >= 15 is 0 Å². The van der Waals surface area contributed by atoms with E-state index in [9.17, 15) is 13.2 Å². The number of nitrogens with zero attached hydrogens (tertiary/aromatic N) is 1. The van der Waals surface area contributed by atoms with Gasteiger partial charge in [0.05, 0.1) is 10.6 Å². The fourth-order valence-electron chi connectivity index (χ4n) is 2.57. The maximum atomic E-state index is 12.6. The predicted molar refractivity (Wildman–Crippen MR) is 97.0 cm³/mol. The number of carbonyl (C=O) groups is 1. The van der Waals surface area contributed by atoms with Gasteiger partial charge in [0.1, 0.15) is 0 Å². The van der Waals surface area contributed by atoms with Crippen LogP contribution in [0.25, 0.3) is 0 Å². The Labute approximate surface area is 143 Å². The van der Waals surface area contributed by atoms with Crippen LogP contribution in [0.2, 0.25) is 0 Å². The fourth-order valence-corrected chi connectivity index (χ4v) is 3.77. The molecule has 128 valence electrons. The van der Waals surface area contributed by atoms with Crippen LogP contribution in [0.5, 0.6) is 0 Å². The molecule has 0 aliphatic heterocycles. The van der Waals surface area contributed by atoms with Crippen LogP contribution in [0, 0.1) is 20.8 Å². The summed E-state index contributed by atoms with van der Waals surface area (Å²) in [6.45, 7) is 7.18. The lowest BCUT2D eigenvalue weighted by atomic mass is 10.1. The van der Waals surface area contributed by atoms with Crippen LogP contribution in [0.15, 0.2) is 41.3 Å². The van der Waals surface area contributed by atoms with Gasteiger partial charge in [-0.3, -0.25) is 9.52 Å².